The highest BCUT2D eigenvalue weighted by atomic mass is 35.5. The Balaban J connectivity index is 2.08. The van der Waals surface area contributed by atoms with Crippen LogP contribution in [0.4, 0.5) is 5.69 Å². The number of halogens is 2. The average molecular weight is 316 g/mol. The molecule has 4 nitrogen and oxygen atoms in total. The molecule has 1 amide bonds. The van der Waals surface area contributed by atoms with Crippen LogP contribution in [0.15, 0.2) is 18.3 Å². The molecular formula is C12H11Cl2N3OS. The van der Waals surface area contributed by atoms with Gasteiger partial charge in [-0.25, -0.2) is 4.98 Å². The van der Waals surface area contributed by atoms with Crippen molar-refractivity contribution in [2.24, 2.45) is 0 Å². The van der Waals surface area contributed by atoms with Crippen molar-refractivity contribution in [3.63, 3.8) is 0 Å². The van der Waals surface area contributed by atoms with E-state index in [2.05, 4.69) is 10.3 Å². The van der Waals surface area contributed by atoms with Gasteiger partial charge in [0.05, 0.1) is 27.3 Å². The molecule has 0 saturated carbocycles. The van der Waals surface area contributed by atoms with Crippen LogP contribution in [0.5, 0.6) is 0 Å². The molecule has 2 rings (SSSR count). The standard InChI is InChI=1S/C12H11Cl2N3OS/c1-6-16-4-8(19-6)5-17-12(18)7-2-9(13)11(14)10(15)3-7/h2-4H,5,15H2,1H3,(H,17,18). The lowest BCUT2D eigenvalue weighted by molar-refractivity contribution is 0.0951. The van der Waals surface area contributed by atoms with Gasteiger partial charge in [0, 0.05) is 16.6 Å². The third-order valence-electron chi connectivity index (χ3n) is 2.41. The maximum Gasteiger partial charge on any atom is 0.251 e. The van der Waals surface area contributed by atoms with E-state index in [1.165, 1.54) is 23.5 Å². The second-order valence-corrected chi connectivity index (χ2v) is 5.99. The minimum Gasteiger partial charge on any atom is -0.397 e. The summed E-state index contributed by atoms with van der Waals surface area (Å²) in [6, 6.07) is 3.00. The smallest absolute Gasteiger partial charge is 0.251 e. The maximum atomic E-state index is 12.0. The van der Waals surface area contributed by atoms with E-state index in [1.54, 1.807) is 6.20 Å². The highest BCUT2D eigenvalue weighted by Crippen LogP contribution is 2.29. The Morgan fingerprint density at radius 1 is 1.47 bits per heavy atom. The number of carbonyl (C=O) groups is 1. The van der Waals surface area contributed by atoms with E-state index >= 15 is 0 Å². The van der Waals surface area contributed by atoms with E-state index in [4.69, 9.17) is 28.9 Å². The lowest BCUT2D eigenvalue weighted by Crippen LogP contribution is -2.22. The number of aryl methyl sites for hydroxylation is 1. The molecule has 0 unspecified atom stereocenters. The van der Waals surface area contributed by atoms with Gasteiger partial charge in [0.1, 0.15) is 0 Å². The molecule has 0 bridgehead atoms. The van der Waals surface area contributed by atoms with Crippen LogP contribution in [-0.4, -0.2) is 10.9 Å². The largest absolute Gasteiger partial charge is 0.397 e. The monoisotopic (exact) mass is 315 g/mol. The zero-order chi connectivity index (χ0) is 14.0. The highest BCUT2D eigenvalue weighted by Gasteiger charge is 2.11. The second-order valence-electron chi connectivity index (χ2n) is 3.89. The molecule has 2 aromatic rings. The number of nitrogens with one attached hydrogen (secondary N) is 1. The van der Waals surface area contributed by atoms with Gasteiger partial charge in [0.15, 0.2) is 0 Å². The van der Waals surface area contributed by atoms with Crippen molar-refractivity contribution in [3.05, 3.63) is 43.8 Å². The zero-order valence-corrected chi connectivity index (χ0v) is 12.4. The Bertz CT molecular complexity index is 604. The lowest BCUT2D eigenvalue weighted by atomic mass is 10.2. The first-order chi connectivity index (χ1) is 8.97. The fraction of sp³-hybridized carbons (Fsp3) is 0.167. The van der Waals surface area contributed by atoms with Crippen molar-refractivity contribution in [1.29, 1.82) is 0 Å². The van der Waals surface area contributed by atoms with Crippen molar-refractivity contribution < 1.29 is 4.79 Å². The van der Waals surface area contributed by atoms with Gasteiger partial charge in [0.25, 0.3) is 5.91 Å². The van der Waals surface area contributed by atoms with Gasteiger partial charge in [-0.2, -0.15) is 0 Å². The van der Waals surface area contributed by atoms with Crippen LogP contribution in [0.3, 0.4) is 0 Å². The number of nitrogens with two attached hydrogens (primary N) is 1. The molecule has 0 atom stereocenters. The number of nitrogen functional groups attached to an aromatic ring is 1. The first-order valence-corrected chi connectivity index (χ1v) is 6.98. The predicted molar refractivity (Wildman–Crippen MR) is 78.9 cm³/mol. The molecule has 0 aliphatic carbocycles. The molecule has 0 aliphatic heterocycles. The summed E-state index contributed by atoms with van der Waals surface area (Å²) >= 11 is 13.3. The van der Waals surface area contributed by atoms with Crippen LogP contribution < -0.4 is 11.1 Å². The molecule has 0 radical (unpaired) electrons. The molecule has 19 heavy (non-hydrogen) atoms. The van der Waals surface area contributed by atoms with Crippen LogP contribution in [-0.2, 0) is 6.54 Å². The molecule has 1 heterocycles. The summed E-state index contributed by atoms with van der Waals surface area (Å²) in [6.45, 7) is 2.33. The van der Waals surface area contributed by atoms with Gasteiger partial charge in [0.2, 0.25) is 0 Å². The van der Waals surface area contributed by atoms with Gasteiger partial charge >= 0.3 is 0 Å². The number of thiazole rings is 1. The third kappa shape index (κ3) is 3.37. The van der Waals surface area contributed by atoms with Crippen LogP contribution in [0.25, 0.3) is 0 Å². The summed E-state index contributed by atoms with van der Waals surface area (Å²) in [6.07, 6.45) is 1.74. The highest BCUT2D eigenvalue weighted by molar-refractivity contribution is 7.11. The Hall–Kier alpha value is -1.30. The van der Waals surface area contributed by atoms with Crippen molar-refractivity contribution in [1.82, 2.24) is 10.3 Å². The molecule has 3 N–H and O–H groups in total. The molecule has 0 fully saturated rings. The SMILES string of the molecule is Cc1ncc(CNC(=O)c2cc(N)c(Cl)c(Cl)c2)s1. The molecule has 0 spiro atoms. The molecule has 0 saturated heterocycles. The Labute approximate surface area is 124 Å². The van der Waals surface area contributed by atoms with Gasteiger partial charge in [-0.1, -0.05) is 23.2 Å². The number of anilines is 1. The molecule has 0 aliphatic rings. The van der Waals surface area contributed by atoms with E-state index in [-0.39, 0.29) is 21.6 Å². The minimum absolute atomic E-state index is 0.253. The van der Waals surface area contributed by atoms with Crippen LogP contribution in [0, 0.1) is 6.92 Å². The van der Waals surface area contributed by atoms with Crippen molar-refractivity contribution in [2.75, 3.05) is 5.73 Å². The van der Waals surface area contributed by atoms with E-state index in [0.717, 1.165) is 9.88 Å². The first kappa shape index (κ1) is 14.1. The van der Waals surface area contributed by atoms with Crippen molar-refractivity contribution in [3.8, 4) is 0 Å². The van der Waals surface area contributed by atoms with Crippen LogP contribution in [0.2, 0.25) is 10.0 Å². The number of amides is 1. The Morgan fingerprint density at radius 3 is 2.79 bits per heavy atom. The molecule has 1 aromatic carbocycles. The molecule has 7 heteroatoms. The molecule has 1 aromatic heterocycles. The van der Waals surface area contributed by atoms with E-state index in [1.807, 2.05) is 6.92 Å². The number of hydrogen-bond donors (Lipinski definition) is 2. The third-order valence-corrected chi connectivity index (χ3v) is 4.14. The van der Waals surface area contributed by atoms with E-state index < -0.39 is 0 Å². The Morgan fingerprint density at radius 2 is 2.21 bits per heavy atom. The van der Waals surface area contributed by atoms with Crippen molar-refractivity contribution >= 4 is 46.1 Å². The summed E-state index contributed by atoms with van der Waals surface area (Å²) in [5, 5.41) is 4.26. The number of hydrogen-bond acceptors (Lipinski definition) is 4. The van der Waals surface area contributed by atoms with Crippen LogP contribution >= 0.6 is 34.5 Å². The first-order valence-electron chi connectivity index (χ1n) is 5.41. The van der Waals surface area contributed by atoms with E-state index in [9.17, 15) is 4.79 Å². The second kappa shape index (κ2) is 5.77. The topological polar surface area (TPSA) is 68.0 Å². The number of aromatic nitrogens is 1. The molecular weight excluding hydrogens is 305 g/mol. The summed E-state index contributed by atoms with van der Waals surface area (Å²) in [7, 11) is 0. The zero-order valence-electron chi connectivity index (χ0n) is 10.0. The van der Waals surface area contributed by atoms with E-state index in [0.29, 0.717) is 12.1 Å². The fourth-order valence-corrected chi connectivity index (χ4v) is 2.57. The van der Waals surface area contributed by atoms with Gasteiger partial charge in [-0.15, -0.1) is 11.3 Å². The average Bonchev–Trinajstić information content (AvgIpc) is 2.78. The number of benzene rings is 1. The normalized spacial score (nSPS) is 10.5. The fourth-order valence-electron chi connectivity index (χ4n) is 1.50. The minimum atomic E-state index is -0.253. The maximum absolute atomic E-state index is 12.0. The summed E-state index contributed by atoms with van der Waals surface area (Å²) in [5.41, 5.74) is 6.33. The van der Waals surface area contributed by atoms with Gasteiger partial charge < -0.3 is 11.1 Å². The summed E-state index contributed by atoms with van der Waals surface area (Å²) in [4.78, 5) is 17.1. The number of nitrogens with zero attached hydrogens (tertiary/aromatic N) is 1. The lowest BCUT2D eigenvalue weighted by Gasteiger charge is -2.07. The number of carbonyl (C=O) groups excluding carboxylic acids is 1. The van der Waals surface area contributed by atoms with Crippen molar-refractivity contribution in [2.45, 2.75) is 13.5 Å². The predicted octanol–water partition coefficient (Wildman–Crippen LogP) is 3.27. The Kier molecular flexibility index (Phi) is 4.29. The van der Waals surface area contributed by atoms with Gasteiger partial charge in [-0.3, -0.25) is 4.79 Å². The quantitative estimate of drug-likeness (QED) is 0.854. The van der Waals surface area contributed by atoms with Gasteiger partial charge in [-0.05, 0) is 19.1 Å². The number of rotatable bonds is 3. The molecule has 100 valence electrons. The van der Waals surface area contributed by atoms with Crippen LogP contribution in [0.1, 0.15) is 20.2 Å². The summed E-state index contributed by atoms with van der Waals surface area (Å²) in [5.74, 6) is -0.253. The summed E-state index contributed by atoms with van der Waals surface area (Å²) < 4.78 is 0.